The Kier molecular flexibility index (Phi) is 5.49. The van der Waals surface area contributed by atoms with Gasteiger partial charge in [0.05, 0.1) is 11.3 Å². The molecule has 0 atom stereocenters. The summed E-state index contributed by atoms with van der Waals surface area (Å²) in [6.45, 7) is 6.19. The number of nitrogens with one attached hydrogen (secondary N) is 2. The summed E-state index contributed by atoms with van der Waals surface area (Å²) in [5.74, 6) is -0.535. The van der Waals surface area contributed by atoms with E-state index >= 15 is 0 Å². The van der Waals surface area contributed by atoms with Crippen molar-refractivity contribution in [3.8, 4) is 0 Å². The van der Waals surface area contributed by atoms with Gasteiger partial charge >= 0.3 is 0 Å². The lowest BCUT2D eigenvalue weighted by atomic mass is 9.87. The van der Waals surface area contributed by atoms with Crippen LogP contribution >= 0.6 is 0 Å². The van der Waals surface area contributed by atoms with Crippen LogP contribution in [0.1, 0.15) is 31.9 Å². The lowest BCUT2D eigenvalue weighted by Gasteiger charge is -2.19. The molecule has 0 fully saturated rings. The van der Waals surface area contributed by atoms with Crippen LogP contribution in [0.3, 0.4) is 0 Å². The van der Waals surface area contributed by atoms with E-state index < -0.39 is 15.9 Å². The molecule has 0 heterocycles. The topological polar surface area (TPSA) is 95.5 Å². The van der Waals surface area contributed by atoms with Crippen molar-refractivity contribution in [2.45, 2.75) is 37.5 Å². The molecule has 25 heavy (non-hydrogen) atoms. The molecule has 2 aromatic rings. The largest absolute Gasteiger partial charge is 0.289 e. The van der Waals surface area contributed by atoms with Crippen molar-refractivity contribution in [1.82, 2.24) is 5.48 Å². The normalized spacial score (nSPS) is 11.8. The molecule has 1 amide bonds. The number of carbonyl (C=O) groups excluding carboxylic acids is 1. The summed E-state index contributed by atoms with van der Waals surface area (Å²) in [6, 6.07) is 13.2. The van der Waals surface area contributed by atoms with E-state index in [9.17, 15) is 13.2 Å². The summed E-state index contributed by atoms with van der Waals surface area (Å²) >= 11 is 0. The fraction of sp³-hybridized carbons (Fsp3) is 0.278. The maximum absolute atomic E-state index is 12.5. The number of hydroxylamine groups is 1. The van der Waals surface area contributed by atoms with Gasteiger partial charge in [-0.3, -0.25) is 14.7 Å². The second-order valence-corrected chi connectivity index (χ2v) is 8.47. The van der Waals surface area contributed by atoms with Gasteiger partial charge in [0.1, 0.15) is 0 Å². The van der Waals surface area contributed by atoms with Crippen LogP contribution in [0, 0.1) is 0 Å². The van der Waals surface area contributed by atoms with Gasteiger partial charge in [0.15, 0.2) is 0 Å². The number of anilines is 1. The standard InChI is InChI=1S/C18H22N2O4S/c1-18(2,3)14-6-10-16(11-7-14)25(23,24)20-15-8-4-13(5-9-15)12-17(21)19-22/h4-11,20,22H,12H2,1-3H3,(H,19,21). The number of hydrogen-bond acceptors (Lipinski definition) is 4. The van der Waals surface area contributed by atoms with Crippen LogP contribution in [0.5, 0.6) is 0 Å². The molecule has 0 aliphatic carbocycles. The lowest BCUT2D eigenvalue weighted by Crippen LogP contribution is -2.20. The zero-order chi connectivity index (χ0) is 18.7. The first-order valence-corrected chi connectivity index (χ1v) is 9.25. The molecule has 0 bridgehead atoms. The van der Waals surface area contributed by atoms with E-state index in [0.717, 1.165) is 5.56 Å². The number of carbonyl (C=O) groups is 1. The lowest BCUT2D eigenvalue weighted by molar-refractivity contribution is -0.128. The van der Waals surface area contributed by atoms with Crippen LogP contribution in [0.15, 0.2) is 53.4 Å². The maximum Gasteiger partial charge on any atom is 0.261 e. The molecule has 3 N–H and O–H groups in total. The van der Waals surface area contributed by atoms with Gasteiger partial charge in [-0.05, 0) is 40.8 Å². The van der Waals surface area contributed by atoms with Gasteiger partial charge in [0.25, 0.3) is 10.0 Å². The van der Waals surface area contributed by atoms with E-state index in [1.807, 2.05) is 12.1 Å². The molecule has 2 rings (SSSR count). The second kappa shape index (κ2) is 7.25. The summed E-state index contributed by atoms with van der Waals surface area (Å²) < 4.78 is 27.4. The highest BCUT2D eigenvalue weighted by Crippen LogP contribution is 2.24. The zero-order valence-corrected chi connectivity index (χ0v) is 15.2. The molecular weight excluding hydrogens is 340 g/mol. The van der Waals surface area contributed by atoms with E-state index in [4.69, 9.17) is 5.21 Å². The molecule has 2 aromatic carbocycles. The van der Waals surface area contributed by atoms with Crippen LogP contribution < -0.4 is 10.2 Å². The first kappa shape index (κ1) is 19.0. The SMILES string of the molecule is CC(C)(C)c1ccc(S(=O)(=O)Nc2ccc(CC(=O)NO)cc2)cc1. The smallest absolute Gasteiger partial charge is 0.261 e. The molecule has 7 heteroatoms. The van der Waals surface area contributed by atoms with E-state index in [2.05, 4.69) is 25.5 Å². The van der Waals surface area contributed by atoms with Crippen molar-refractivity contribution < 1.29 is 18.4 Å². The first-order valence-electron chi connectivity index (χ1n) is 7.77. The Balaban J connectivity index is 2.14. The molecule has 0 aromatic heterocycles. The summed E-state index contributed by atoms with van der Waals surface area (Å²) in [5.41, 5.74) is 3.61. The van der Waals surface area contributed by atoms with E-state index in [1.165, 1.54) is 0 Å². The van der Waals surface area contributed by atoms with Gasteiger partial charge in [-0.25, -0.2) is 13.9 Å². The number of sulfonamides is 1. The fourth-order valence-electron chi connectivity index (χ4n) is 2.26. The molecule has 0 aliphatic rings. The third-order valence-electron chi connectivity index (χ3n) is 3.73. The van der Waals surface area contributed by atoms with Crippen molar-refractivity contribution in [2.75, 3.05) is 4.72 Å². The second-order valence-electron chi connectivity index (χ2n) is 6.79. The van der Waals surface area contributed by atoms with Crippen LogP contribution in [-0.2, 0) is 26.7 Å². The minimum atomic E-state index is -3.69. The average molecular weight is 362 g/mol. The molecule has 0 aliphatic heterocycles. The molecule has 0 saturated heterocycles. The Morgan fingerprint density at radius 2 is 1.56 bits per heavy atom. The van der Waals surface area contributed by atoms with Gasteiger partial charge in [-0.2, -0.15) is 0 Å². The fourth-order valence-corrected chi connectivity index (χ4v) is 3.32. The Labute approximate surface area is 147 Å². The minimum absolute atomic E-state index is 0.0117. The van der Waals surface area contributed by atoms with Crippen LogP contribution in [0.25, 0.3) is 0 Å². The molecular formula is C18H22N2O4S. The molecule has 0 spiro atoms. The van der Waals surface area contributed by atoms with Gasteiger partial charge < -0.3 is 0 Å². The number of hydrogen-bond donors (Lipinski definition) is 3. The van der Waals surface area contributed by atoms with Gasteiger partial charge in [0.2, 0.25) is 5.91 Å². The maximum atomic E-state index is 12.5. The van der Waals surface area contributed by atoms with Crippen LogP contribution in [-0.4, -0.2) is 19.5 Å². The summed E-state index contributed by atoms with van der Waals surface area (Å²) in [5, 5.41) is 8.51. The number of amides is 1. The molecule has 6 nitrogen and oxygen atoms in total. The molecule has 0 saturated carbocycles. The Hall–Kier alpha value is -2.38. The third-order valence-corrected chi connectivity index (χ3v) is 5.12. The van der Waals surface area contributed by atoms with Crippen molar-refractivity contribution in [2.24, 2.45) is 0 Å². The van der Waals surface area contributed by atoms with Crippen molar-refractivity contribution in [3.05, 3.63) is 59.7 Å². The van der Waals surface area contributed by atoms with Crippen LogP contribution in [0.4, 0.5) is 5.69 Å². The van der Waals surface area contributed by atoms with E-state index in [0.29, 0.717) is 11.3 Å². The zero-order valence-electron chi connectivity index (χ0n) is 14.4. The molecule has 0 radical (unpaired) electrons. The van der Waals surface area contributed by atoms with Crippen molar-refractivity contribution >= 4 is 21.6 Å². The number of benzene rings is 2. The van der Waals surface area contributed by atoms with Crippen LogP contribution in [0.2, 0.25) is 0 Å². The van der Waals surface area contributed by atoms with Gasteiger partial charge in [-0.1, -0.05) is 45.0 Å². The first-order chi connectivity index (χ1) is 11.6. The highest BCUT2D eigenvalue weighted by Gasteiger charge is 2.17. The Bertz CT molecular complexity index is 836. The van der Waals surface area contributed by atoms with Crippen molar-refractivity contribution in [1.29, 1.82) is 0 Å². The number of rotatable bonds is 5. The minimum Gasteiger partial charge on any atom is -0.289 e. The summed E-state index contributed by atoms with van der Waals surface area (Å²) in [6.07, 6.45) is 0.0117. The summed E-state index contributed by atoms with van der Waals surface area (Å²) in [7, 11) is -3.69. The average Bonchev–Trinajstić information content (AvgIpc) is 2.55. The molecule has 0 unspecified atom stereocenters. The third kappa shape index (κ3) is 5.04. The highest BCUT2D eigenvalue weighted by atomic mass is 32.2. The summed E-state index contributed by atoms with van der Waals surface area (Å²) in [4.78, 5) is 11.3. The molecule has 134 valence electrons. The quantitative estimate of drug-likeness (QED) is 0.563. The Morgan fingerprint density at radius 1 is 1.00 bits per heavy atom. The predicted molar refractivity (Wildman–Crippen MR) is 96.0 cm³/mol. The van der Waals surface area contributed by atoms with E-state index in [-0.39, 0.29) is 16.7 Å². The monoisotopic (exact) mass is 362 g/mol. The predicted octanol–water partition coefficient (Wildman–Crippen LogP) is 2.83. The Morgan fingerprint density at radius 3 is 2.04 bits per heavy atom. The van der Waals surface area contributed by atoms with E-state index in [1.54, 1.807) is 41.9 Å². The van der Waals surface area contributed by atoms with Crippen molar-refractivity contribution in [3.63, 3.8) is 0 Å². The van der Waals surface area contributed by atoms with Gasteiger partial charge in [-0.15, -0.1) is 0 Å². The van der Waals surface area contributed by atoms with Gasteiger partial charge in [0, 0.05) is 5.69 Å². The highest BCUT2D eigenvalue weighted by molar-refractivity contribution is 7.92.